The number of pyridine rings is 1. The summed E-state index contributed by atoms with van der Waals surface area (Å²) in [6, 6.07) is 9.56. The van der Waals surface area contributed by atoms with Crippen molar-refractivity contribution in [2.75, 3.05) is 0 Å². The lowest BCUT2D eigenvalue weighted by Gasteiger charge is -2.10. The zero-order valence-electron chi connectivity index (χ0n) is 13.2. The highest BCUT2D eigenvalue weighted by Crippen LogP contribution is 2.30. The number of hydrogen-bond acceptors (Lipinski definition) is 3. The fraction of sp³-hybridized carbons (Fsp3) is 0.211. The zero-order valence-corrected chi connectivity index (χ0v) is 13.2. The van der Waals surface area contributed by atoms with Crippen LogP contribution < -0.4 is 5.43 Å². The molecule has 120 valence electrons. The summed E-state index contributed by atoms with van der Waals surface area (Å²) in [5, 5.41) is 5.19. The molecule has 0 unspecified atom stereocenters. The number of aromatic amines is 1. The number of nitrogens with zero attached hydrogens (tertiary/aromatic N) is 2. The van der Waals surface area contributed by atoms with Crippen LogP contribution >= 0.6 is 0 Å². The molecule has 1 amide bonds. The number of nitrogens with one attached hydrogen (secondary N) is 2. The summed E-state index contributed by atoms with van der Waals surface area (Å²) in [7, 11) is 0. The van der Waals surface area contributed by atoms with Gasteiger partial charge < -0.3 is 4.98 Å². The Hall–Kier alpha value is -2.95. The van der Waals surface area contributed by atoms with E-state index < -0.39 is 0 Å². The first kappa shape index (κ1) is 14.6. The second kappa shape index (κ2) is 6.28. The van der Waals surface area contributed by atoms with Gasteiger partial charge in [-0.1, -0.05) is 18.2 Å². The highest BCUT2D eigenvalue weighted by Gasteiger charge is 2.18. The van der Waals surface area contributed by atoms with Crippen LogP contribution in [0, 0.1) is 0 Å². The zero-order chi connectivity index (χ0) is 16.4. The van der Waals surface area contributed by atoms with E-state index in [9.17, 15) is 4.79 Å². The topological polar surface area (TPSA) is 70.1 Å². The number of H-pyrrole nitrogens is 1. The molecule has 0 saturated carbocycles. The van der Waals surface area contributed by atoms with Crippen molar-refractivity contribution < 1.29 is 4.79 Å². The number of rotatable bonds is 3. The summed E-state index contributed by atoms with van der Waals surface area (Å²) in [5.41, 5.74) is 7.63. The van der Waals surface area contributed by atoms with Gasteiger partial charge in [-0.05, 0) is 43.4 Å². The maximum absolute atomic E-state index is 12.5. The molecule has 0 spiro atoms. The van der Waals surface area contributed by atoms with E-state index in [-0.39, 0.29) is 5.91 Å². The maximum atomic E-state index is 12.5. The van der Waals surface area contributed by atoms with Crippen molar-refractivity contribution >= 4 is 23.0 Å². The summed E-state index contributed by atoms with van der Waals surface area (Å²) in [4.78, 5) is 20.0. The highest BCUT2D eigenvalue weighted by molar-refractivity contribution is 6.07. The Bertz CT molecular complexity index is 912. The predicted molar refractivity (Wildman–Crippen MR) is 94.2 cm³/mol. The molecule has 0 saturated heterocycles. The Morgan fingerprint density at radius 2 is 2.12 bits per heavy atom. The molecular formula is C19H18N4O. The van der Waals surface area contributed by atoms with Crippen molar-refractivity contribution in [2.24, 2.45) is 5.10 Å². The first-order valence-electron chi connectivity index (χ1n) is 8.19. The van der Waals surface area contributed by atoms with Crippen LogP contribution in [0.5, 0.6) is 0 Å². The number of aryl methyl sites for hydroxylation is 2. The third-order valence-corrected chi connectivity index (χ3v) is 4.44. The third kappa shape index (κ3) is 2.69. The van der Waals surface area contributed by atoms with Crippen molar-refractivity contribution in [3.8, 4) is 0 Å². The average Bonchev–Trinajstić information content (AvgIpc) is 3.01. The molecule has 3 aromatic rings. The molecule has 0 atom stereocenters. The van der Waals surface area contributed by atoms with E-state index in [1.54, 1.807) is 18.6 Å². The number of carbonyl (C=O) groups excluding carboxylic acids is 1. The largest absolute Gasteiger partial charge is 0.358 e. The Kier molecular flexibility index (Phi) is 3.83. The molecule has 2 aromatic heterocycles. The summed E-state index contributed by atoms with van der Waals surface area (Å²) >= 11 is 0. The number of benzene rings is 1. The average molecular weight is 318 g/mol. The van der Waals surface area contributed by atoms with Crippen molar-refractivity contribution in [1.29, 1.82) is 0 Å². The lowest BCUT2D eigenvalue weighted by molar-refractivity contribution is 0.0956. The Labute approximate surface area is 139 Å². The van der Waals surface area contributed by atoms with Crippen LogP contribution in [0.2, 0.25) is 0 Å². The summed E-state index contributed by atoms with van der Waals surface area (Å²) in [5.74, 6) is -0.209. The molecule has 5 heteroatoms. The van der Waals surface area contributed by atoms with Crippen molar-refractivity contribution in [2.45, 2.75) is 25.7 Å². The monoisotopic (exact) mass is 318 g/mol. The molecule has 0 bridgehead atoms. The van der Waals surface area contributed by atoms with Crippen LogP contribution in [0.3, 0.4) is 0 Å². The van der Waals surface area contributed by atoms with Crippen LogP contribution in [0.15, 0.2) is 47.8 Å². The van der Waals surface area contributed by atoms with E-state index in [1.807, 2.05) is 24.3 Å². The second-order valence-electron chi connectivity index (χ2n) is 6.00. The van der Waals surface area contributed by atoms with Crippen LogP contribution in [0.25, 0.3) is 10.9 Å². The molecular weight excluding hydrogens is 300 g/mol. The van der Waals surface area contributed by atoms with Gasteiger partial charge in [0.15, 0.2) is 0 Å². The van der Waals surface area contributed by atoms with E-state index >= 15 is 0 Å². The SMILES string of the molecule is O=C(N/N=C\c1cccnc1)c1cccc2c3c([nH]c12)CCCC3. The van der Waals surface area contributed by atoms with Gasteiger partial charge in [-0.15, -0.1) is 0 Å². The van der Waals surface area contributed by atoms with Gasteiger partial charge in [0.2, 0.25) is 0 Å². The van der Waals surface area contributed by atoms with E-state index in [4.69, 9.17) is 0 Å². The molecule has 0 fully saturated rings. The van der Waals surface area contributed by atoms with E-state index in [1.165, 1.54) is 24.1 Å². The highest BCUT2D eigenvalue weighted by atomic mass is 16.2. The summed E-state index contributed by atoms with van der Waals surface area (Å²) < 4.78 is 0. The van der Waals surface area contributed by atoms with Crippen LogP contribution in [-0.2, 0) is 12.8 Å². The Morgan fingerprint density at radius 1 is 1.21 bits per heavy atom. The number of fused-ring (bicyclic) bond motifs is 3. The molecule has 2 heterocycles. The molecule has 1 aliphatic carbocycles. The van der Waals surface area contributed by atoms with Crippen LogP contribution in [-0.4, -0.2) is 22.1 Å². The van der Waals surface area contributed by atoms with Crippen LogP contribution in [0.4, 0.5) is 0 Å². The minimum atomic E-state index is -0.209. The van der Waals surface area contributed by atoms with Gasteiger partial charge in [0, 0.05) is 29.0 Å². The van der Waals surface area contributed by atoms with E-state index in [2.05, 4.69) is 26.6 Å². The number of aromatic nitrogens is 2. The van der Waals surface area contributed by atoms with Gasteiger partial charge in [0.25, 0.3) is 5.91 Å². The maximum Gasteiger partial charge on any atom is 0.273 e. The molecule has 2 N–H and O–H groups in total. The van der Waals surface area contributed by atoms with Gasteiger partial charge in [0.1, 0.15) is 0 Å². The first-order valence-corrected chi connectivity index (χ1v) is 8.19. The van der Waals surface area contributed by atoms with Gasteiger partial charge in [0.05, 0.1) is 17.3 Å². The number of para-hydroxylation sites is 1. The van der Waals surface area contributed by atoms with Gasteiger partial charge >= 0.3 is 0 Å². The lowest BCUT2D eigenvalue weighted by atomic mass is 9.95. The standard InChI is InChI=1S/C19H18N4O/c24-19(23-21-12-13-5-4-10-20-11-13)16-8-3-7-15-14-6-1-2-9-17(14)22-18(15)16/h3-5,7-8,10-12,22H,1-2,6,9H2,(H,23,24)/b21-12-. The molecule has 0 aliphatic heterocycles. The second-order valence-corrected chi connectivity index (χ2v) is 6.00. The number of carbonyl (C=O) groups is 1. The van der Waals surface area contributed by atoms with Crippen molar-refractivity contribution in [3.05, 3.63) is 65.1 Å². The molecule has 0 radical (unpaired) electrons. The summed E-state index contributed by atoms with van der Waals surface area (Å²) in [6.07, 6.45) is 9.54. The third-order valence-electron chi connectivity index (χ3n) is 4.44. The fourth-order valence-electron chi connectivity index (χ4n) is 3.30. The molecule has 5 nitrogen and oxygen atoms in total. The summed E-state index contributed by atoms with van der Waals surface area (Å²) in [6.45, 7) is 0. The first-order chi connectivity index (χ1) is 11.8. The Morgan fingerprint density at radius 3 is 3.00 bits per heavy atom. The quantitative estimate of drug-likeness (QED) is 0.575. The molecule has 4 rings (SSSR count). The molecule has 1 aliphatic rings. The van der Waals surface area contributed by atoms with Crippen molar-refractivity contribution in [3.63, 3.8) is 0 Å². The predicted octanol–water partition coefficient (Wildman–Crippen LogP) is 3.21. The smallest absolute Gasteiger partial charge is 0.273 e. The van der Waals surface area contributed by atoms with Crippen molar-refractivity contribution in [1.82, 2.24) is 15.4 Å². The minimum absolute atomic E-state index is 0.209. The number of hydrazone groups is 1. The number of amides is 1. The molecule has 1 aromatic carbocycles. The van der Waals surface area contributed by atoms with Gasteiger partial charge in [-0.2, -0.15) is 5.10 Å². The number of hydrogen-bond donors (Lipinski definition) is 2. The van der Waals surface area contributed by atoms with Gasteiger partial charge in [-0.25, -0.2) is 5.43 Å². The Balaban J connectivity index is 1.60. The normalized spacial score (nSPS) is 14.0. The molecule has 24 heavy (non-hydrogen) atoms. The van der Waals surface area contributed by atoms with Gasteiger partial charge in [-0.3, -0.25) is 9.78 Å². The van der Waals surface area contributed by atoms with E-state index in [0.29, 0.717) is 5.56 Å². The fourth-order valence-corrected chi connectivity index (χ4v) is 3.30. The van der Waals surface area contributed by atoms with Crippen LogP contribution in [0.1, 0.15) is 40.0 Å². The lowest BCUT2D eigenvalue weighted by Crippen LogP contribution is -2.18. The van der Waals surface area contributed by atoms with E-state index in [0.717, 1.165) is 29.3 Å². The minimum Gasteiger partial charge on any atom is -0.358 e.